The van der Waals surface area contributed by atoms with Gasteiger partial charge in [0.1, 0.15) is 19.3 Å². The summed E-state index contributed by atoms with van der Waals surface area (Å²) >= 11 is 2.20. The zero-order valence-electron chi connectivity index (χ0n) is 18.3. The van der Waals surface area contributed by atoms with E-state index < -0.39 is 5.82 Å². The molecule has 172 valence electrons. The minimum atomic E-state index is -0.490. The zero-order valence-corrected chi connectivity index (χ0v) is 20.4. The van der Waals surface area contributed by atoms with E-state index in [1.54, 1.807) is 24.3 Å². The minimum absolute atomic E-state index is 0.0946. The van der Waals surface area contributed by atoms with Crippen LogP contribution in [0.3, 0.4) is 0 Å². The van der Waals surface area contributed by atoms with Gasteiger partial charge in [-0.15, -0.1) is 0 Å². The number of nitrogens with one attached hydrogen (secondary N) is 2. The molecule has 32 heavy (non-hydrogen) atoms. The Morgan fingerprint density at radius 1 is 1.25 bits per heavy atom. The van der Waals surface area contributed by atoms with Crippen molar-refractivity contribution in [2.24, 2.45) is 0 Å². The highest BCUT2D eigenvalue weighted by Crippen LogP contribution is 2.26. The lowest BCUT2D eigenvalue weighted by atomic mass is 10.1. The van der Waals surface area contributed by atoms with Crippen LogP contribution in [-0.4, -0.2) is 38.6 Å². The molecule has 0 unspecified atom stereocenters. The van der Waals surface area contributed by atoms with Crippen molar-refractivity contribution < 1.29 is 18.7 Å². The van der Waals surface area contributed by atoms with E-state index in [1.807, 2.05) is 24.8 Å². The molecule has 2 N–H and O–H groups in total. The van der Waals surface area contributed by atoms with Crippen molar-refractivity contribution in [3.8, 4) is 0 Å². The van der Waals surface area contributed by atoms with Gasteiger partial charge in [-0.05, 0) is 70.5 Å². The molecule has 2 aromatic carbocycles. The molecule has 9 heteroatoms. The lowest BCUT2D eigenvalue weighted by molar-refractivity contribution is -0.120. The molecule has 3 rings (SSSR count). The van der Waals surface area contributed by atoms with Crippen LogP contribution >= 0.6 is 22.6 Å². The Hall–Kier alpha value is -2.24. The van der Waals surface area contributed by atoms with E-state index in [1.165, 1.54) is 13.0 Å². The van der Waals surface area contributed by atoms with Crippen LogP contribution in [0.4, 0.5) is 21.5 Å². The minimum Gasteiger partial charge on any atom is -0.354 e. The van der Waals surface area contributed by atoms with Gasteiger partial charge in [0.05, 0.1) is 17.5 Å². The van der Waals surface area contributed by atoms with E-state index in [-0.39, 0.29) is 42.6 Å². The molecule has 1 heterocycles. The molecule has 1 aliphatic heterocycles. The van der Waals surface area contributed by atoms with Gasteiger partial charge in [0.2, 0.25) is 11.3 Å². The first-order valence-electron chi connectivity index (χ1n) is 10.3. The van der Waals surface area contributed by atoms with E-state index in [0.29, 0.717) is 24.5 Å². The standard InChI is InChI=1S/C23H27FIN3O4/c1-14(2)18-9-23(30)22(7-5-20(18)25)27-21-6-4-16(8-19(21)24)28-11-17(10-26-15(3)29)32-13-31-12-28/h4-9,14,17H,10-13H2,1-3H3,(H,26,29)(H,27,30)/t17-/m0/s1. The summed E-state index contributed by atoms with van der Waals surface area (Å²) < 4.78 is 26.9. The van der Waals surface area contributed by atoms with Crippen molar-refractivity contribution in [3.63, 3.8) is 0 Å². The molecule has 0 aromatic heterocycles. The molecule has 0 saturated carbocycles. The first-order chi connectivity index (χ1) is 15.2. The number of hydrogen-bond acceptors (Lipinski definition) is 6. The Balaban J connectivity index is 1.79. The van der Waals surface area contributed by atoms with Gasteiger partial charge >= 0.3 is 0 Å². The molecule has 1 amide bonds. The Morgan fingerprint density at radius 3 is 2.69 bits per heavy atom. The number of nitrogens with zero attached hydrogens (tertiary/aromatic N) is 1. The fourth-order valence-electron chi connectivity index (χ4n) is 3.32. The summed E-state index contributed by atoms with van der Waals surface area (Å²) in [5.41, 5.74) is 1.89. The van der Waals surface area contributed by atoms with Crippen LogP contribution < -0.4 is 21.0 Å². The van der Waals surface area contributed by atoms with Gasteiger partial charge in [-0.2, -0.15) is 0 Å². The maximum Gasteiger partial charge on any atom is 0.216 e. The smallest absolute Gasteiger partial charge is 0.216 e. The highest BCUT2D eigenvalue weighted by atomic mass is 127. The molecule has 7 nitrogen and oxygen atoms in total. The van der Waals surface area contributed by atoms with Gasteiger partial charge < -0.3 is 25.0 Å². The Labute approximate surface area is 200 Å². The molecule has 0 aliphatic carbocycles. The Kier molecular flexibility index (Phi) is 8.44. The fourth-order valence-corrected chi connectivity index (χ4v) is 4.28. The van der Waals surface area contributed by atoms with Crippen molar-refractivity contribution >= 4 is 45.6 Å². The summed E-state index contributed by atoms with van der Waals surface area (Å²) in [5, 5.41) is 5.65. The lowest BCUT2D eigenvalue weighted by Gasteiger charge is -2.25. The number of benzene rings is 1. The normalized spacial score (nSPS) is 16.6. The first-order valence-corrected chi connectivity index (χ1v) is 11.4. The van der Waals surface area contributed by atoms with Crippen LogP contribution in [0.25, 0.3) is 0 Å². The fraction of sp³-hybridized carbons (Fsp3) is 0.391. The van der Waals surface area contributed by atoms with Crippen LogP contribution in [0, 0.1) is 9.39 Å². The predicted molar refractivity (Wildman–Crippen MR) is 131 cm³/mol. The van der Waals surface area contributed by atoms with Crippen LogP contribution in [0.15, 0.2) is 41.2 Å². The third kappa shape index (κ3) is 6.39. The SMILES string of the molecule is CC(=O)NC[C@H]1CN(c2ccc(Nc3ccc(I)c(C(C)C)cc3=O)c(F)c2)COCO1. The van der Waals surface area contributed by atoms with Gasteiger partial charge in [0.15, 0.2) is 0 Å². The molecule has 1 aliphatic rings. The average molecular weight is 555 g/mol. The molecule has 1 fully saturated rings. The number of anilines is 3. The summed E-state index contributed by atoms with van der Waals surface area (Å²) in [5.74, 6) is -0.426. The van der Waals surface area contributed by atoms with Crippen molar-refractivity contribution in [2.75, 3.05) is 36.8 Å². The third-order valence-electron chi connectivity index (χ3n) is 5.07. The first kappa shape index (κ1) is 24.4. The molecule has 1 atom stereocenters. The number of ether oxygens (including phenoxy) is 2. The molecule has 1 saturated heterocycles. The topological polar surface area (TPSA) is 79.9 Å². The summed E-state index contributed by atoms with van der Waals surface area (Å²) in [6, 6.07) is 9.88. The second-order valence-corrected chi connectivity index (χ2v) is 9.06. The Morgan fingerprint density at radius 2 is 2.00 bits per heavy atom. The molecular formula is C23H27FIN3O4. The Bertz CT molecular complexity index is 1030. The van der Waals surface area contributed by atoms with Gasteiger partial charge in [0.25, 0.3) is 0 Å². The number of rotatable bonds is 6. The van der Waals surface area contributed by atoms with Crippen molar-refractivity contribution in [3.05, 3.63) is 61.6 Å². The quantitative estimate of drug-likeness (QED) is 0.527. The molecule has 0 spiro atoms. The maximum absolute atomic E-state index is 14.9. The number of carbonyl (C=O) groups excluding carboxylic acids is 1. The number of hydrogen-bond donors (Lipinski definition) is 2. The van der Waals surface area contributed by atoms with Crippen molar-refractivity contribution in [1.29, 1.82) is 0 Å². The molecular weight excluding hydrogens is 528 g/mol. The summed E-state index contributed by atoms with van der Waals surface area (Å²) in [6.45, 7) is 6.60. The van der Waals surface area contributed by atoms with E-state index in [2.05, 4.69) is 33.2 Å². The molecule has 2 aromatic rings. The second-order valence-electron chi connectivity index (χ2n) is 7.90. The van der Waals surface area contributed by atoms with Crippen LogP contribution in [0.2, 0.25) is 0 Å². The average Bonchev–Trinajstić information content (AvgIpc) is 3.06. The monoisotopic (exact) mass is 555 g/mol. The lowest BCUT2D eigenvalue weighted by Crippen LogP contribution is -2.39. The summed E-state index contributed by atoms with van der Waals surface area (Å²) in [6.07, 6.45) is -0.285. The van der Waals surface area contributed by atoms with E-state index in [9.17, 15) is 14.0 Å². The molecule has 0 bridgehead atoms. The van der Waals surface area contributed by atoms with E-state index in [0.717, 1.165) is 9.13 Å². The van der Waals surface area contributed by atoms with E-state index >= 15 is 0 Å². The third-order valence-corrected chi connectivity index (χ3v) is 6.05. The molecule has 0 radical (unpaired) electrons. The van der Waals surface area contributed by atoms with Crippen LogP contribution in [-0.2, 0) is 14.3 Å². The van der Waals surface area contributed by atoms with E-state index in [4.69, 9.17) is 9.47 Å². The van der Waals surface area contributed by atoms with Gasteiger partial charge in [-0.25, -0.2) is 4.39 Å². The second kappa shape index (κ2) is 11.1. The number of halogens is 2. The number of carbonyl (C=O) groups is 1. The van der Waals surface area contributed by atoms with Crippen LogP contribution in [0.5, 0.6) is 0 Å². The van der Waals surface area contributed by atoms with Crippen molar-refractivity contribution in [2.45, 2.75) is 32.8 Å². The highest BCUT2D eigenvalue weighted by molar-refractivity contribution is 14.1. The van der Waals surface area contributed by atoms with Crippen LogP contribution in [0.1, 0.15) is 32.3 Å². The summed E-state index contributed by atoms with van der Waals surface area (Å²) in [4.78, 5) is 25.7. The van der Waals surface area contributed by atoms with Crippen molar-refractivity contribution in [1.82, 2.24) is 5.32 Å². The van der Waals surface area contributed by atoms with Gasteiger partial charge in [-0.3, -0.25) is 9.59 Å². The maximum atomic E-state index is 14.9. The zero-order chi connectivity index (χ0) is 23.3. The highest BCUT2D eigenvalue weighted by Gasteiger charge is 2.21. The predicted octanol–water partition coefficient (Wildman–Crippen LogP) is 3.93. The summed E-state index contributed by atoms with van der Waals surface area (Å²) in [7, 11) is 0. The van der Waals surface area contributed by atoms with Gasteiger partial charge in [-0.1, -0.05) is 13.8 Å². The number of amides is 1. The largest absolute Gasteiger partial charge is 0.354 e. The van der Waals surface area contributed by atoms with Gasteiger partial charge in [0, 0.05) is 29.3 Å².